The van der Waals surface area contributed by atoms with Crippen molar-refractivity contribution in [3.8, 4) is 22.3 Å². The minimum atomic E-state index is -0.952. The predicted molar refractivity (Wildman–Crippen MR) is 257 cm³/mol. The molecule has 0 radical (unpaired) electrons. The average Bonchev–Trinajstić information content (AvgIpc) is 3.46. The maximum Gasteiger partial charge on any atom is 0.0846 e. The fourth-order valence-electron chi connectivity index (χ4n) is 9.36. The highest BCUT2D eigenvalue weighted by atomic mass is 79.9. The molecule has 0 unspecified atom stereocenters. The van der Waals surface area contributed by atoms with Crippen LogP contribution in [0.2, 0.25) is 0 Å². The van der Waals surface area contributed by atoms with Crippen molar-refractivity contribution in [2.45, 2.75) is 38.7 Å². The summed E-state index contributed by atoms with van der Waals surface area (Å²) in [6.07, 6.45) is 8.76. The Morgan fingerprint density at radius 2 is 1.12 bits per heavy atom. The second-order valence-corrected chi connectivity index (χ2v) is 18.5. The van der Waals surface area contributed by atoms with Gasteiger partial charge in [0.1, 0.15) is 0 Å². The minimum Gasteiger partial charge on any atom is -0.386 e. The van der Waals surface area contributed by atoms with E-state index in [1.165, 1.54) is 66.3 Å². The molecule has 0 saturated heterocycles. The minimum absolute atomic E-state index is 0.0801. The lowest BCUT2D eigenvalue weighted by Crippen LogP contribution is -2.21. The van der Waals surface area contributed by atoms with Crippen molar-refractivity contribution >= 4 is 88.3 Å². The third kappa shape index (κ3) is 6.35. The lowest BCUT2D eigenvalue weighted by molar-refractivity contribution is 0.0791. The lowest BCUT2D eigenvalue weighted by atomic mass is 9.79. The number of benzene rings is 8. The van der Waals surface area contributed by atoms with Crippen LogP contribution in [0.4, 0.5) is 22.7 Å². The predicted octanol–water partition coefficient (Wildman–Crippen LogP) is 15.7. The van der Waals surface area contributed by atoms with Crippen molar-refractivity contribution in [2.75, 3.05) is 9.80 Å². The summed E-state index contributed by atoms with van der Waals surface area (Å²) in [5.41, 5.74) is 14.8. The second kappa shape index (κ2) is 14.2. The molecule has 59 heavy (non-hydrogen) atoms. The molecular weight excluding hydrogens is 852 g/mol. The molecule has 3 aliphatic rings. The molecule has 5 heteroatoms. The van der Waals surface area contributed by atoms with Gasteiger partial charge in [0.15, 0.2) is 0 Å². The average molecular weight is 895 g/mol. The Morgan fingerprint density at radius 1 is 0.542 bits per heavy atom. The summed E-state index contributed by atoms with van der Waals surface area (Å²) in [5.74, 6) is 0. The summed E-state index contributed by atoms with van der Waals surface area (Å²) in [4.78, 5) is 4.61. The van der Waals surface area contributed by atoms with Gasteiger partial charge in [-0.1, -0.05) is 131 Å². The molecule has 1 N–H and O–H groups in total. The number of para-hydroxylation sites is 2. The number of anilines is 4. The van der Waals surface area contributed by atoms with Crippen LogP contribution in [0, 0.1) is 0 Å². The van der Waals surface area contributed by atoms with Gasteiger partial charge in [-0.15, -0.1) is 0 Å². The van der Waals surface area contributed by atoms with Gasteiger partial charge in [-0.3, -0.25) is 0 Å². The second-order valence-electron chi connectivity index (χ2n) is 16.6. The van der Waals surface area contributed by atoms with Gasteiger partial charge in [0.2, 0.25) is 0 Å². The zero-order valence-electron chi connectivity index (χ0n) is 33.3. The molecule has 0 atom stereocenters. The van der Waals surface area contributed by atoms with Gasteiger partial charge in [-0.2, -0.15) is 0 Å². The Hall–Kier alpha value is -5.72. The molecule has 8 aromatic carbocycles. The van der Waals surface area contributed by atoms with Crippen molar-refractivity contribution in [2.24, 2.45) is 0 Å². The number of hydrogen-bond donors (Lipinski definition) is 1. The molecule has 0 bridgehead atoms. The molecule has 2 aliphatic heterocycles. The van der Waals surface area contributed by atoms with E-state index in [0.29, 0.717) is 0 Å². The number of aliphatic hydroxyl groups is 1. The molecule has 11 rings (SSSR count). The van der Waals surface area contributed by atoms with Gasteiger partial charge < -0.3 is 14.9 Å². The van der Waals surface area contributed by atoms with E-state index in [-0.39, 0.29) is 5.41 Å². The maximum absolute atomic E-state index is 10.8. The van der Waals surface area contributed by atoms with E-state index in [1.54, 1.807) is 0 Å². The quantitative estimate of drug-likeness (QED) is 0.191. The van der Waals surface area contributed by atoms with Crippen LogP contribution in [0.5, 0.6) is 0 Å². The molecule has 0 spiro atoms. The Kier molecular flexibility index (Phi) is 9.06. The van der Waals surface area contributed by atoms with Crippen molar-refractivity contribution in [3.63, 3.8) is 0 Å². The molecule has 0 saturated carbocycles. The fourth-order valence-corrected chi connectivity index (χ4v) is 10.1. The molecule has 8 aromatic rings. The van der Waals surface area contributed by atoms with Gasteiger partial charge in [-0.05, 0) is 154 Å². The monoisotopic (exact) mass is 892 g/mol. The van der Waals surface area contributed by atoms with Crippen molar-refractivity contribution in [3.05, 3.63) is 201 Å². The van der Waals surface area contributed by atoms with E-state index in [2.05, 4.69) is 214 Å². The van der Waals surface area contributed by atoms with Gasteiger partial charge >= 0.3 is 0 Å². The van der Waals surface area contributed by atoms with E-state index in [0.717, 1.165) is 37.0 Å². The lowest BCUT2D eigenvalue weighted by Gasteiger charge is -2.33. The highest BCUT2D eigenvalue weighted by Crippen LogP contribution is 2.57. The Balaban J connectivity index is 0.000000143. The number of nitrogens with zero attached hydrogens (tertiary/aromatic N) is 2. The summed E-state index contributed by atoms with van der Waals surface area (Å²) in [6.45, 7) is 8.38. The fraction of sp³-hybridized carbons (Fsp3) is 0.111. The first kappa shape index (κ1) is 37.5. The van der Waals surface area contributed by atoms with E-state index in [1.807, 2.05) is 32.0 Å². The topological polar surface area (TPSA) is 26.7 Å². The Bertz CT molecular complexity index is 3030. The van der Waals surface area contributed by atoms with Crippen molar-refractivity contribution in [1.29, 1.82) is 0 Å². The summed E-state index contributed by atoms with van der Waals surface area (Å²) >= 11 is 7.25. The van der Waals surface area contributed by atoms with Crippen LogP contribution in [-0.4, -0.2) is 5.11 Å². The van der Waals surface area contributed by atoms with Crippen LogP contribution in [0.1, 0.15) is 55.5 Å². The maximum atomic E-state index is 10.8. The molecule has 288 valence electrons. The van der Waals surface area contributed by atoms with Gasteiger partial charge in [-0.25, -0.2) is 0 Å². The Labute approximate surface area is 362 Å². The van der Waals surface area contributed by atoms with Crippen LogP contribution in [-0.2, 0) is 11.0 Å². The third-order valence-corrected chi connectivity index (χ3v) is 13.0. The van der Waals surface area contributed by atoms with Crippen LogP contribution in [0.25, 0.3) is 56.0 Å². The SMILES string of the molecule is CC(C)(O)c1cc(Br)ccc1-c1cc2c3c(cccc3c1)C=CN2c1ccccc1.CC1(C)c2cc(Br)ccc2-c2cc3cccc4c3c(c21)N(c1ccccc1)C=C4. The van der Waals surface area contributed by atoms with Crippen LogP contribution in [0.3, 0.4) is 0 Å². The van der Waals surface area contributed by atoms with Gasteiger partial charge in [0, 0.05) is 48.9 Å². The third-order valence-electron chi connectivity index (χ3n) is 12.1. The normalized spacial score (nSPS) is 14.3. The van der Waals surface area contributed by atoms with E-state index in [9.17, 15) is 5.11 Å². The van der Waals surface area contributed by atoms with Crippen molar-refractivity contribution in [1.82, 2.24) is 0 Å². The van der Waals surface area contributed by atoms with Crippen LogP contribution < -0.4 is 9.80 Å². The first-order chi connectivity index (χ1) is 28.5. The summed E-state index contributed by atoms with van der Waals surface area (Å²) < 4.78 is 2.09. The van der Waals surface area contributed by atoms with Crippen molar-refractivity contribution < 1.29 is 5.11 Å². The first-order valence-electron chi connectivity index (χ1n) is 20.0. The molecule has 1 aliphatic carbocycles. The van der Waals surface area contributed by atoms with E-state index >= 15 is 0 Å². The number of hydrogen-bond acceptors (Lipinski definition) is 3. The summed E-state index contributed by atoms with van der Waals surface area (Å²) in [5, 5.41) is 15.9. The number of fused-ring (bicyclic) bond motifs is 4. The Morgan fingerprint density at radius 3 is 1.78 bits per heavy atom. The smallest absolute Gasteiger partial charge is 0.0846 e. The van der Waals surface area contributed by atoms with Crippen LogP contribution in [0.15, 0.2) is 173 Å². The first-order valence-corrected chi connectivity index (χ1v) is 21.6. The number of halogens is 2. The molecular formula is C54H42Br2N2O. The van der Waals surface area contributed by atoms with Gasteiger partial charge in [0.05, 0.1) is 17.0 Å². The highest BCUT2D eigenvalue weighted by molar-refractivity contribution is 9.10. The molecule has 3 nitrogen and oxygen atoms in total. The molecule has 2 heterocycles. The summed E-state index contributed by atoms with van der Waals surface area (Å²) in [7, 11) is 0. The molecule has 0 amide bonds. The largest absolute Gasteiger partial charge is 0.386 e. The standard InChI is InChI=1S/C27H22BrNO.C27H20BrN/c1-27(2,30)24-17-21(28)11-12-23(24)20-15-19-8-6-7-18-13-14-29(25(16-20)26(18)19)22-9-4-3-5-10-22;1-27(2)23-16-19(28)11-12-21(23)22-15-18-8-6-7-17-13-14-29(20-9-4-3-5-10-20)26(24(17)18)25(22)27/h3-17,30H,1-2H3;3-16H,1-2H3. The zero-order valence-corrected chi connectivity index (χ0v) is 36.5. The highest BCUT2D eigenvalue weighted by Gasteiger charge is 2.40. The van der Waals surface area contributed by atoms with Crippen LogP contribution >= 0.6 is 31.9 Å². The summed E-state index contributed by atoms with van der Waals surface area (Å²) in [6, 6.07) is 53.8. The van der Waals surface area contributed by atoms with E-state index < -0.39 is 5.60 Å². The molecule has 0 fully saturated rings. The number of rotatable bonds is 4. The zero-order chi connectivity index (χ0) is 40.6. The van der Waals surface area contributed by atoms with Gasteiger partial charge in [0.25, 0.3) is 0 Å². The van der Waals surface area contributed by atoms with E-state index in [4.69, 9.17) is 0 Å². The molecule has 0 aromatic heterocycles.